The maximum atomic E-state index is 12.7. The molecule has 0 aromatic heterocycles. The van der Waals surface area contributed by atoms with E-state index in [0.717, 1.165) is 19.3 Å². The van der Waals surface area contributed by atoms with Gasteiger partial charge in [-0.25, -0.2) is 0 Å². The van der Waals surface area contributed by atoms with Gasteiger partial charge in [0.2, 0.25) is 5.91 Å². The van der Waals surface area contributed by atoms with Crippen LogP contribution in [0.2, 0.25) is 0 Å². The van der Waals surface area contributed by atoms with Gasteiger partial charge in [0.15, 0.2) is 0 Å². The minimum atomic E-state index is -1.22. The van der Waals surface area contributed by atoms with Crippen LogP contribution in [0.15, 0.2) is 0 Å². The molecule has 0 aromatic carbocycles. The van der Waals surface area contributed by atoms with Gasteiger partial charge in [0, 0.05) is 25.4 Å². The molecule has 1 rings (SSSR count). The number of hydrogen-bond acceptors (Lipinski definition) is 7. The molecule has 8 nitrogen and oxygen atoms in total. The van der Waals surface area contributed by atoms with Crippen molar-refractivity contribution in [2.75, 3.05) is 6.54 Å². The van der Waals surface area contributed by atoms with Crippen LogP contribution >= 0.6 is 0 Å². The summed E-state index contributed by atoms with van der Waals surface area (Å²) in [4.78, 5) is 12.7. The van der Waals surface area contributed by atoms with Crippen LogP contribution in [0.25, 0.3) is 0 Å². The van der Waals surface area contributed by atoms with Crippen molar-refractivity contribution in [2.24, 2.45) is 0 Å². The summed E-state index contributed by atoms with van der Waals surface area (Å²) in [5, 5.41) is 57.0. The van der Waals surface area contributed by atoms with Gasteiger partial charge in [-0.1, -0.05) is 155 Å². The second-order valence-electron chi connectivity index (χ2n) is 14.7. The highest BCUT2D eigenvalue weighted by Crippen LogP contribution is 2.21. The van der Waals surface area contributed by atoms with E-state index in [9.17, 15) is 30.3 Å². The Morgan fingerprint density at radius 3 is 1.47 bits per heavy atom. The van der Waals surface area contributed by atoms with E-state index < -0.39 is 42.6 Å². The molecule has 0 aliphatic heterocycles. The smallest absolute Gasteiger partial charge is 0.220 e. The molecule has 0 radical (unpaired) electrons. The monoisotopic (exact) mass is 671 g/mol. The molecular weight excluding hydrogens is 592 g/mol. The summed E-state index contributed by atoms with van der Waals surface area (Å²) in [5.41, 5.74) is 0. The number of unbranched alkanes of at least 4 members (excludes halogenated alkanes) is 22. The van der Waals surface area contributed by atoms with Crippen molar-refractivity contribution in [2.45, 2.75) is 236 Å². The summed E-state index contributed by atoms with van der Waals surface area (Å²) in [6.07, 6.45) is 27.7. The molecule has 0 saturated heterocycles. The van der Waals surface area contributed by atoms with Crippen molar-refractivity contribution in [1.29, 1.82) is 0 Å². The van der Waals surface area contributed by atoms with Crippen molar-refractivity contribution < 1.29 is 30.3 Å². The maximum Gasteiger partial charge on any atom is 0.220 e. The fraction of sp³-hybridized carbons (Fsp3) is 0.974. The minimum absolute atomic E-state index is 0.120. The molecule has 7 atom stereocenters. The highest BCUT2D eigenvalue weighted by molar-refractivity contribution is 5.76. The van der Waals surface area contributed by atoms with E-state index in [4.69, 9.17) is 0 Å². The second-order valence-corrected chi connectivity index (χ2v) is 14.7. The van der Waals surface area contributed by atoms with Gasteiger partial charge in [-0.15, -0.1) is 0 Å². The molecule has 1 aliphatic carbocycles. The summed E-state index contributed by atoms with van der Waals surface area (Å²) in [7, 11) is 0. The zero-order valence-corrected chi connectivity index (χ0v) is 30.7. The van der Waals surface area contributed by atoms with Gasteiger partial charge in [0.1, 0.15) is 6.10 Å². The summed E-state index contributed by atoms with van der Waals surface area (Å²) >= 11 is 0. The topological polar surface area (TPSA) is 142 Å². The van der Waals surface area contributed by atoms with E-state index in [1.807, 2.05) is 6.92 Å². The molecule has 0 heterocycles. The normalized spacial score (nSPS) is 21.9. The number of aliphatic hydroxyl groups excluding tert-OH is 5. The van der Waals surface area contributed by atoms with Crippen LogP contribution in [0.1, 0.15) is 194 Å². The molecule has 47 heavy (non-hydrogen) atoms. The standard InChI is InChI=1S/C39H78N2O6/c1-3-5-6-7-8-9-10-11-12-13-14-15-16-17-18-19-20-21-22-23-24-25-26-27-37(45)41-34(36(44)30-32(42)4-2)31-40-33-28-29-35(43)39(47)38(33)46/h32-36,38-40,42-44,46-47H,3-31H2,1-2H3,(H,41,45). The Morgan fingerprint density at radius 1 is 0.617 bits per heavy atom. The Bertz CT molecular complexity index is 713. The molecule has 1 aliphatic rings. The van der Waals surface area contributed by atoms with Crippen molar-refractivity contribution in [3.05, 3.63) is 0 Å². The molecule has 1 amide bonds. The Morgan fingerprint density at radius 2 is 1.04 bits per heavy atom. The molecule has 0 bridgehead atoms. The van der Waals surface area contributed by atoms with Crippen LogP contribution in [-0.2, 0) is 4.79 Å². The maximum absolute atomic E-state index is 12.7. The van der Waals surface area contributed by atoms with Gasteiger partial charge in [0.25, 0.3) is 0 Å². The number of carbonyl (C=O) groups excluding carboxylic acids is 1. The average molecular weight is 671 g/mol. The molecule has 1 fully saturated rings. The lowest BCUT2D eigenvalue weighted by molar-refractivity contribution is -0.123. The van der Waals surface area contributed by atoms with E-state index in [0.29, 0.717) is 25.7 Å². The molecular formula is C39H78N2O6. The first-order chi connectivity index (χ1) is 22.8. The van der Waals surface area contributed by atoms with Crippen LogP contribution in [-0.4, -0.2) is 80.6 Å². The Hall–Kier alpha value is -0.770. The van der Waals surface area contributed by atoms with E-state index >= 15 is 0 Å². The lowest BCUT2D eigenvalue weighted by Crippen LogP contribution is -2.58. The predicted octanol–water partition coefficient (Wildman–Crippen LogP) is 7.21. The first-order valence-corrected chi connectivity index (χ1v) is 20.2. The molecule has 0 aromatic rings. The lowest BCUT2D eigenvalue weighted by Gasteiger charge is -2.37. The quantitative estimate of drug-likeness (QED) is 0.0375. The van der Waals surface area contributed by atoms with E-state index in [1.165, 1.54) is 128 Å². The van der Waals surface area contributed by atoms with Crippen LogP contribution in [0.3, 0.4) is 0 Å². The van der Waals surface area contributed by atoms with Gasteiger partial charge in [-0.3, -0.25) is 4.79 Å². The Labute approximate surface area is 289 Å². The zero-order valence-electron chi connectivity index (χ0n) is 30.7. The number of rotatable bonds is 32. The van der Waals surface area contributed by atoms with Gasteiger partial charge < -0.3 is 36.2 Å². The molecule has 8 heteroatoms. The van der Waals surface area contributed by atoms with Crippen molar-refractivity contribution in [1.82, 2.24) is 10.6 Å². The summed E-state index contributed by atoms with van der Waals surface area (Å²) < 4.78 is 0. The molecule has 7 N–H and O–H groups in total. The third kappa shape index (κ3) is 23.3. The van der Waals surface area contributed by atoms with Crippen LogP contribution in [0, 0.1) is 0 Å². The van der Waals surface area contributed by atoms with Crippen molar-refractivity contribution in [3.63, 3.8) is 0 Å². The third-order valence-corrected chi connectivity index (χ3v) is 10.3. The fourth-order valence-corrected chi connectivity index (χ4v) is 6.90. The first-order valence-electron chi connectivity index (χ1n) is 20.2. The minimum Gasteiger partial charge on any atom is -0.393 e. The Kier molecular flexibility index (Phi) is 28.3. The second kappa shape index (κ2) is 30.1. The first kappa shape index (κ1) is 44.3. The predicted molar refractivity (Wildman–Crippen MR) is 194 cm³/mol. The highest BCUT2D eigenvalue weighted by Gasteiger charge is 2.37. The summed E-state index contributed by atoms with van der Waals surface area (Å²) in [6, 6.07) is -1.07. The van der Waals surface area contributed by atoms with Crippen LogP contribution < -0.4 is 10.6 Å². The van der Waals surface area contributed by atoms with E-state index in [1.54, 1.807) is 0 Å². The third-order valence-electron chi connectivity index (χ3n) is 10.3. The van der Waals surface area contributed by atoms with Gasteiger partial charge in [-0.2, -0.15) is 0 Å². The summed E-state index contributed by atoms with van der Waals surface area (Å²) in [6.45, 7) is 4.33. The summed E-state index contributed by atoms with van der Waals surface area (Å²) in [5.74, 6) is -0.120. The number of aliphatic hydroxyl groups is 5. The number of hydrogen-bond donors (Lipinski definition) is 7. The number of carbonyl (C=O) groups is 1. The zero-order chi connectivity index (χ0) is 34.5. The van der Waals surface area contributed by atoms with Gasteiger partial charge >= 0.3 is 0 Å². The van der Waals surface area contributed by atoms with Gasteiger partial charge in [-0.05, 0) is 25.7 Å². The van der Waals surface area contributed by atoms with Crippen molar-refractivity contribution >= 4 is 5.91 Å². The van der Waals surface area contributed by atoms with E-state index in [2.05, 4.69) is 17.6 Å². The average Bonchev–Trinajstić information content (AvgIpc) is 3.06. The molecule has 0 spiro atoms. The molecule has 1 saturated carbocycles. The highest BCUT2D eigenvalue weighted by atomic mass is 16.4. The number of amides is 1. The lowest BCUT2D eigenvalue weighted by atomic mass is 9.87. The molecule has 280 valence electrons. The van der Waals surface area contributed by atoms with Gasteiger partial charge in [0.05, 0.1) is 30.5 Å². The fourth-order valence-electron chi connectivity index (χ4n) is 6.90. The van der Waals surface area contributed by atoms with Crippen LogP contribution in [0.4, 0.5) is 0 Å². The number of nitrogens with one attached hydrogen (secondary N) is 2. The molecule has 7 unspecified atom stereocenters. The van der Waals surface area contributed by atoms with E-state index in [-0.39, 0.29) is 18.9 Å². The Balaban J connectivity index is 2.02. The van der Waals surface area contributed by atoms with Crippen LogP contribution in [0.5, 0.6) is 0 Å². The van der Waals surface area contributed by atoms with Crippen molar-refractivity contribution in [3.8, 4) is 0 Å². The SMILES string of the molecule is CCCCCCCCCCCCCCCCCCCCCCCCCC(=O)NC(CNC1CCC(O)C(O)C1O)C(O)CC(O)CC. The largest absolute Gasteiger partial charge is 0.393 e.